The maximum Gasteiger partial charge on any atom is 0.152 e. The Hall–Kier alpha value is -0.810. The Balaban J connectivity index is 2.01. The molecular formula is C14H22N2O2S. The van der Waals surface area contributed by atoms with Crippen molar-refractivity contribution in [3.63, 3.8) is 0 Å². The second kappa shape index (κ2) is 4.63. The smallest absolute Gasteiger partial charge is 0.152 e. The number of hydrogen-bond acceptors (Lipinski definition) is 3. The highest BCUT2D eigenvalue weighted by Gasteiger charge is 2.30. The molecule has 106 valence electrons. The lowest BCUT2D eigenvalue weighted by Gasteiger charge is -2.29. The molecule has 2 unspecified atom stereocenters. The highest BCUT2D eigenvalue weighted by atomic mass is 32.2. The van der Waals surface area contributed by atoms with Crippen molar-refractivity contribution in [1.29, 1.82) is 0 Å². The lowest BCUT2D eigenvalue weighted by atomic mass is 9.93. The summed E-state index contributed by atoms with van der Waals surface area (Å²) in [5.41, 5.74) is 9.88. The molecular weight excluding hydrogens is 260 g/mol. The Morgan fingerprint density at radius 3 is 2.84 bits per heavy atom. The molecule has 1 fully saturated rings. The van der Waals surface area contributed by atoms with Gasteiger partial charge in [-0.25, -0.2) is 8.42 Å². The predicted molar refractivity (Wildman–Crippen MR) is 76.0 cm³/mol. The maximum absolute atomic E-state index is 11.9. The van der Waals surface area contributed by atoms with Crippen molar-refractivity contribution in [2.45, 2.75) is 51.1 Å². The van der Waals surface area contributed by atoms with Crippen LogP contribution in [0.2, 0.25) is 0 Å². The summed E-state index contributed by atoms with van der Waals surface area (Å²) < 4.78 is 26.0. The molecule has 4 nitrogen and oxygen atoms in total. The summed E-state index contributed by atoms with van der Waals surface area (Å²) in [6.45, 7) is 2.08. The van der Waals surface area contributed by atoms with E-state index >= 15 is 0 Å². The number of nitrogens with zero attached hydrogens (tertiary/aromatic N) is 1. The van der Waals surface area contributed by atoms with E-state index in [1.807, 2.05) is 0 Å². The average Bonchev–Trinajstić information content (AvgIpc) is 2.66. The van der Waals surface area contributed by atoms with Crippen molar-refractivity contribution in [3.05, 3.63) is 23.0 Å². The molecule has 1 aliphatic carbocycles. The van der Waals surface area contributed by atoms with Crippen molar-refractivity contribution in [3.8, 4) is 0 Å². The van der Waals surface area contributed by atoms with Crippen LogP contribution < -0.4 is 5.73 Å². The number of aryl methyl sites for hydroxylation is 1. The van der Waals surface area contributed by atoms with Gasteiger partial charge in [0.25, 0.3) is 0 Å². The summed E-state index contributed by atoms with van der Waals surface area (Å²) in [6.07, 6.45) is 4.94. The Bertz CT molecular complexity index is 589. The van der Waals surface area contributed by atoms with Gasteiger partial charge in [-0.2, -0.15) is 0 Å². The number of nitrogens with two attached hydrogens (primary N) is 1. The van der Waals surface area contributed by atoms with Gasteiger partial charge in [0.05, 0.1) is 11.5 Å². The summed E-state index contributed by atoms with van der Waals surface area (Å²) in [5.74, 6) is 0.649. The van der Waals surface area contributed by atoms with Crippen molar-refractivity contribution in [2.24, 2.45) is 5.73 Å². The van der Waals surface area contributed by atoms with Crippen LogP contribution >= 0.6 is 0 Å². The summed E-state index contributed by atoms with van der Waals surface area (Å²) >= 11 is 0. The van der Waals surface area contributed by atoms with E-state index in [-0.39, 0.29) is 12.1 Å². The van der Waals surface area contributed by atoms with E-state index in [9.17, 15) is 8.42 Å². The van der Waals surface area contributed by atoms with Gasteiger partial charge in [0, 0.05) is 23.5 Å². The van der Waals surface area contributed by atoms with Gasteiger partial charge in [0.15, 0.2) is 9.84 Å². The fourth-order valence-corrected chi connectivity index (χ4v) is 5.35. The standard InChI is InChI=1S/C14H22N2O2S/c1-10-8-12-13(15)5-2-6-14(12)16(10)11-4-3-7-19(17,18)9-11/h8,11,13H,2-7,9,15H2,1H3. The van der Waals surface area contributed by atoms with Crippen LogP contribution in [-0.4, -0.2) is 24.5 Å². The number of aromatic nitrogens is 1. The average molecular weight is 282 g/mol. The van der Waals surface area contributed by atoms with Crippen LogP contribution in [0.5, 0.6) is 0 Å². The third-order valence-corrected chi connectivity index (χ3v) is 6.30. The Labute approximate surface area is 114 Å². The summed E-state index contributed by atoms with van der Waals surface area (Å²) in [4.78, 5) is 0. The first-order chi connectivity index (χ1) is 8.98. The number of rotatable bonds is 1. The van der Waals surface area contributed by atoms with Gasteiger partial charge in [-0.3, -0.25) is 0 Å². The molecule has 0 amide bonds. The molecule has 2 heterocycles. The molecule has 0 saturated carbocycles. The summed E-state index contributed by atoms with van der Waals surface area (Å²) in [7, 11) is -2.87. The molecule has 1 aromatic rings. The van der Waals surface area contributed by atoms with Crippen LogP contribution in [0.4, 0.5) is 0 Å². The SMILES string of the molecule is Cc1cc2c(n1C1CCCS(=O)(=O)C1)CCCC2N. The fraction of sp³-hybridized carbons (Fsp3) is 0.714. The van der Waals surface area contributed by atoms with Gasteiger partial charge in [-0.05, 0) is 50.7 Å². The zero-order valence-electron chi connectivity index (χ0n) is 11.4. The number of fused-ring (bicyclic) bond motifs is 1. The molecule has 0 spiro atoms. The molecule has 0 radical (unpaired) electrons. The van der Waals surface area contributed by atoms with E-state index in [2.05, 4.69) is 17.6 Å². The zero-order chi connectivity index (χ0) is 13.6. The van der Waals surface area contributed by atoms with Crippen LogP contribution in [-0.2, 0) is 16.3 Å². The van der Waals surface area contributed by atoms with E-state index in [0.717, 1.165) is 32.1 Å². The molecule has 1 saturated heterocycles. The Morgan fingerprint density at radius 1 is 1.32 bits per heavy atom. The van der Waals surface area contributed by atoms with E-state index in [4.69, 9.17) is 5.73 Å². The monoisotopic (exact) mass is 282 g/mol. The molecule has 0 aromatic carbocycles. The lowest BCUT2D eigenvalue weighted by molar-refractivity contribution is 0.441. The van der Waals surface area contributed by atoms with Crippen LogP contribution in [0.25, 0.3) is 0 Å². The molecule has 2 N–H and O–H groups in total. The number of hydrogen-bond donors (Lipinski definition) is 1. The predicted octanol–water partition coefficient (Wildman–Crippen LogP) is 1.88. The van der Waals surface area contributed by atoms with Crippen LogP contribution in [0, 0.1) is 6.92 Å². The first-order valence-corrected chi connectivity index (χ1v) is 8.97. The largest absolute Gasteiger partial charge is 0.345 e. The summed E-state index contributed by atoms with van der Waals surface area (Å²) in [6, 6.07) is 2.41. The van der Waals surface area contributed by atoms with Gasteiger partial charge in [0.1, 0.15) is 0 Å². The van der Waals surface area contributed by atoms with Crippen molar-refractivity contribution in [2.75, 3.05) is 11.5 Å². The van der Waals surface area contributed by atoms with Gasteiger partial charge in [0.2, 0.25) is 0 Å². The summed E-state index contributed by atoms with van der Waals surface area (Å²) in [5, 5.41) is 0. The third-order valence-electron chi connectivity index (χ3n) is 4.50. The van der Waals surface area contributed by atoms with Crippen molar-refractivity contribution < 1.29 is 8.42 Å². The minimum Gasteiger partial charge on any atom is -0.345 e. The topological polar surface area (TPSA) is 65.1 Å². The van der Waals surface area contributed by atoms with E-state index in [1.54, 1.807) is 0 Å². The first kappa shape index (κ1) is 13.2. The number of sulfone groups is 1. The van der Waals surface area contributed by atoms with E-state index < -0.39 is 9.84 Å². The van der Waals surface area contributed by atoms with E-state index in [1.165, 1.54) is 17.0 Å². The van der Waals surface area contributed by atoms with E-state index in [0.29, 0.717) is 11.5 Å². The molecule has 1 aromatic heterocycles. The van der Waals surface area contributed by atoms with Gasteiger partial charge < -0.3 is 10.3 Å². The maximum atomic E-state index is 11.9. The Kier molecular flexibility index (Phi) is 3.21. The molecule has 5 heteroatoms. The first-order valence-electron chi connectivity index (χ1n) is 7.14. The molecule has 1 aliphatic heterocycles. The Morgan fingerprint density at radius 2 is 2.11 bits per heavy atom. The molecule has 0 bridgehead atoms. The van der Waals surface area contributed by atoms with Crippen LogP contribution in [0.3, 0.4) is 0 Å². The van der Waals surface area contributed by atoms with Crippen molar-refractivity contribution in [1.82, 2.24) is 4.57 Å². The minimum absolute atomic E-state index is 0.118. The highest BCUT2D eigenvalue weighted by molar-refractivity contribution is 7.91. The fourth-order valence-electron chi connectivity index (χ4n) is 3.67. The second-order valence-corrected chi connectivity index (χ2v) is 8.20. The van der Waals surface area contributed by atoms with Gasteiger partial charge >= 0.3 is 0 Å². The minimum atomic E-state index is -2.87. The normalized spacial score (nSPS) is 30.0. The molecule has 3 rings (SSSR count). The van der Waals surface area contributed by atoms with Crippen LogP contribution in [0.15, 0.2) is 6.07 Å². The highest BCUT2D eigenvalue weighted by Crippen LogP contribution is 2.35. The van der Waals surface area contributed by atoms with Gasteiger partial charge in [-0.1, -0.05) is 0 Å². The third kappa shape index (κ3) is 2.34. The molecule has 2 aliphatic rings. The van der Waals surface area contributed by atoms with Crippen LogP contribution in [0.1, 0.15) is 54.7 Å². The lowest BCUT2D eigenvalue weighted by Crippen LogP contribution is -2.30. The zero-order valence-corrected chi connectivity index (χ0v) is 12.2. The van der Waals surface area contributed by atoms with Crippen molar-refractivity contribution >= 4 is 9.84 Å². The van der Waals surface area contributed by atoms with Gasteiger partial charge in [-0.15, -0.1) is 0 Å². The molecule has 19 heavy (non-hydrogen) atoms. The quantitative estimate of drug-likeness (QED) is 0.855. The second-order valence-electron chi connectivity index (χ2n) is 5.97. The molecule has 2 atom stereocenters.